The van der Waals surface area contributed by atoms with Crippen LogP contribution >= 0.6 is 0 Å². The lowest BCUT2D eigenvalue weighted by molar-refractivity contribution is 0.102. The van der Waals surface area contributed by atoms with Gasteiger partial charge in [-0.05, 0) is 48.5 Å². The van der Waals surface area contributed by atoms with Crippen molar-refractivity contribution >= 4 is 11.6 Å². The largest absolute Gasteiger partial charge is 0.508 e. The molecule has 0 bridgehead atoms. The molecular formula is C26H20O10. The number of hydrogen-bond acceptors (Lipinski definition) is 10. The predicted molar refractivity (Wildman–Crippen MR) is 126 cm³/mol. The van der Waals surface area contributed by atoms with Gasteiger partial charge in [-0.1, -0.05) is 0 Å². The first-order valence-corrected chi connectivity index (χ1v) is 10.1. The molecule has 36 heavy (non-hydrogen) atoms. The van der Waals surface area contributed by atoms with Gasteiger partial charge in [0.2, 0.25) is 0 Å². The molecule has 0 heterocycles. The van der Waals surface area contributed by atoms with Gasteiger partial charge in [-0.3, -0.25) is 9.59 Å². The second kappa shape index (κ2) is 10.3. The van der Waals surface area contributed by atoms with Gasteiger partial charge in [-0.15, -0.1) is 0 Å². The highest BCUT2D eigenvalue weighted by molar-refractivity contribution is 6.13. The van der Waals surface area contributed by atoms with Gasteiger partial charge in [0.05, 0.1) is 22.3 Å². The quantitative estimate of drug-likeness (QED) is 0.195. The van der Waals surface area contributed by atoms with Crippen LogP contribution in [0, 0.1) is 0 Å². The minimum Gasteiger partial charge on any atom is -0.508 e. The van der Waals surface area contributed by atoms with E-state index in [1.54, 1.807) is 0 Å². The lowest BCUT2D eigenvalue weighted by atomic mass is 10.0. The Morgan fingerprint density at radius 2 is 0.556 bits per heavy atom. The monoisotopic (exact) mass is 492 g/mol. The lowest BCUT2D eigenvalue weighted by Crippen LogP contribution is -2.01. The van der Waals surface area contributed by atoms with Crippen LogP contribution in [0.4, 0.5) is 0 Å². The van der Waals surface area contributed by atoms with Crippen LogP contribution in [0.25, 0.3) is 0 Å². The SMILES string of the molecule is O=C(c1ccc(O)cc1O)c1ccc(O)cc1O.O=C(c1ccc(O)cc1O)c1ccc(O)cc1O. The van der Waals surface area contributed by atoms with Crippen LogP contribution in [0.15, 0.2) is 72.8 Å². The summed E-state index contributed by atoms with van der Waals surface area (Å²) in [6.07, 6.45) is 0. The first-order valence-electron chi connectivity index (χ1n) is 10.1. The summed E-state index contributed by atoms with van der Waals surface area (Å²) in [6.45, 7) is 0. The second-order valence-electron chi connectivity index (χ2n) is 7.46. The summed E-state index contributed by atoms with van der Waals surface area (Å²) in [5, 5.41) is 74.7. The highest BCUT2D eigenvalue weighted by atomic mass is 16.3. The molecule has 0 fully saturated rings. The summed E-state index contributed by atoms with van der Waals surface area (Å²) in [7, 11) is 0. The van der Waals surface area contributed by atoms with E-state index in [-0.39, 0.29) is 68.2 Å². The van der Waals surface area contributed by atoms with Gasteiger partial charge in [0.25, 0.3) is 0 Å². The molecule has 8 N–H and O–H groups in total. The number of phenolic OH excluding ortho intramolecular Hbond substituents is 8. The molecule has 10 nitrogen and oxygen atoms in total. The second-order valence-corrected chi connectivity index (χ2v) is 7.46. The highest BCUT2D eigenvalue weighted by Gasteiger charge is 2.18. The van der Waals surface area contributed by atoms with Gasteiger partial charge >= 0.3 is 0 Å². The van der Waals surface area contributed by atoms with Crippen molar-refractivity contribution in [2.24, 2.45) is 0 Å². The zero-order valence-electron chi connectivity index (χ0n) is 18.3. The molecule has 0 spiro atoms. The fourth-order valence-electron chi connectivity index (χ4n) is 3.14. The molecule has 0 atom stereocenters. The first-order chi connectivity index (χ1) is 17.0. The summed E-state index contributed by atoms with van der Waals surface area (Å²) in [5.74, 6) is -3.41. The van der Waals surface area contributed by atoms with Gasteiger partial charge < -0.3 is 40.9 Å². The molecule has 0 unspecified atom stereocenters. The van der Waals surface area contributed by atoms with Crippen LogP contribution in [0.2, 0.25) is 0 Å². The van der Waals surface area contributed by atoms with Crippen LogP contribution < -0.4 is 0 Å². The number of ketones is 2. The topological polar surface area (TPSA) is 196 Å². The average molecular weight is 492 g/mol. The molecule has 0 aliphatic carbocycles. The van der Waals surface area contributed by atoms with Crippen LogP contribution in [0.1, 0.15) is 31.8 Å². The Kier molecular flexibility index (Phi) is 7.20. The summed E-state index contributed by atoms with van der Waals surface area (Å²) in [4.78, 5) is 24.1. The summed E-state index contributed by atoms with van der Waals surface area (Å²) < 4.78 is 0. The van der Waals surface area contributed by atoms with Crippen LogP contribution in [0.3, 0.4) is 0 Å². The normalized spacial score (nSPS) is 10.2. The van der Waals surface area contributed by atoms with Gasteiger partial charge in [0, 0.05) is 24.3 Å². The molecule has 0 saturated heterocycles. The Labute approximate surface area is 203 Å². The third-order valence-corrected chi connectivity index (χ3v) is 4.90. The number of hydrogen-bond donors (Lipinski definition) is 8. The Hall–Kier alpha value is -5.38. The highest BCUT2D eigenvalue weighted by Crippen LogP contribution is 2.31. The van der Waals surface area contributed by atoms with Crippen LogP contribution in [-0.2, 0) is 0 Å². The lowest BCUT2D eigenvalue weighted by Gasteiger charge is -2.06. The maximum absolute atomic E-state index is 12.0. The van der Waals surface area contributed by atoms with Crippen molar-refractivity contribution in [3.63, 3.8) is 0 Å². The number of carbonyl (C=O) groups is 2. The minimum absolute atomic E-state index is 0.0474. The average Bonchev–Trinajstić information content (AvgIpc) is 2.79. The Morgan fingerprint density at radius 1 is 0.361 bits per heavy atom. The Bertz CT molecular complexity index is 1240. The van der Waals surface area contributed by atoms with Crippen LogP contribution in [-0.4, -0.2) is 52.4 Å². The maximum atomic E-state index is 12.0. The van der Waals surface area contributed by atoms with Gasteiger partial charge in [0.1, 0.15) is 46.0 Å². The fourth-order valence-corrected chi connectivity index (χ4v) is 3.14. The molecule has 184 valence electrons. The van der Waals surface area contributed by atoms with E-state index in [0.29, 0.717) is 0 Å². The molecule has 10 heteroatoms. The van der Waals surface area contributed by atoms with E-state index in [4.69, 9.17) is 20.4 Å². The number of phenols is 8. The van der Waals surface area contributed by atoms with E-state index >= 15 is 0 Å². The molecule has 0 saturated carbocycles. The molecule has 0 aliphatic heterocycles. The Morgan fingerprint density at radius 3 is 0.722 bits per heavy atom. The zero-order valence-corrected chi connectivity index (χ0v) is 18.3. The van der Waals surface area contributed by atoms with Gasteiger partial charge in [-0.25, -0.2) is 0 Å². The van der Waals surface area contributed by atoms with Crippen molar-refractivity contribution in [3.05, 3.63) is 95.1 Å². The van der Waals surface area contributed by atoms with E-state index in [9.17, 15) is 30.0 Å². The molecule has 4 aromatic rings. The van der Waals surface area contributed by atoms with E-state index in [0.717, 1.165) is 24.3 Å². The maximum Gasteiger partial charge on any atom is 0.200 e. The number of aromatic hydroxyl groups is 8. The zero-order chi connectivity index (χ0) is 26.6. The molecule has 4 aromatic carbocycles. The van der Waals surface area contributed by atoms with Crippen molar-refractivity contribution in [3.8, 4) is 46.0 Å². The summed E-state index contributed by atoms with van der Waals surface area (Å²) >= 11 is 0. The first kappa shape index (κ1) is 25.2. The standard InChI is InChI=1S/2C13H10O5/c2*14-7-1-3-9(11(16)5-7)13(18)10-4-2-8(15)6-12(10)17/h2*1-6,14-17H. The van der Waals surface area contributed by atoms with E-state index < -0.39 is 11.6 Å². The van der Waals surface area contributed by atoms with Crippen molar-refractivity contribution in [1.29, 1.82) is 0 Å². The smallest absolute Gasteiger partial charge is 0.200 e. The van der Waals surface area contributed by atoms with E-state index in [2.05, 4.69) is 0 Å². The fraction of sp³-hybridized carbons (Fsp3) is 0. The van der Waals surface area contributed by atoms with E-state index in [1.807, 2.05) is 0 Å². The predicted octanol–water partition coefficient (Wildman–Crippen LogP) is 3.48. The number of benzene rings is 4. The van der Waals surface area contributed by atoms with Crippen molar-refractivity contribution in [2.75, 3.05) is 0 Å². The molecule has 4 rings (SSSR count). The molecule has 0 aromatic heterocycles. The molecule has 0 amide bonds. The third kappa shape index (κ3) is 5.57. The molecule has 0 aliphatic rings. The molecular weight excluding hydrogens is 472 g/mol. The van der Waals surface area contributed by atoms with Gasteiger partial charge in [-0.2, -0.15) is 0 Å². The van der Waals surface area contributed by atoms with Crippen molar-refractivity contribution < 1.29 is 50.4 Å². The van der Waals surface area contributed by atoms with E-state index in [1.165, 1.54) is 48.5 Å². The van der Waals surface area contributed by atoms with Crippen molar-refractivity contribution in [1.82, 2.24) is 0 Å². The summed E-state index contributed by atoms with van der Waals surface area (Å²) in [6, 6.07) is 14.1. The van der Waals surface area contributed by atoms with Gasteiger partial charge in [0.15, 0.2) is 11.6 Å². The number of carbonyl (C=O) groups excluding carboxylic acids is 2. The summed E-state index contributed by atoms with van der Waals surface area (Å²) in [5.41, 5.74) is -0.190. The minimum atomic E-state index is -0.606. The van der Waals surface area contributed by atoms with Crippen LogP contribution in [0.5, 0.6) is 46.0 Å². The Balaban J connectivity index is 0.000000201. The third-order valence-electron chi connectivity index (χ3n) is 4.90. The van der Waals surface area contributed by atoms with Crippen molar-refractivity contribution in [2.45, 2.75) is 0 Å². The molecule has 0 radical (unpaired) electrons. The number of rotatable bonds is 4.